The first-order chi connectivity index (χ1) is 12.3. The van der Waals surface area contributed by atoms with E-state index in [0.29, 0.717) is 24.9 Å². The highest BCUT2D eigenvalue weighted by molar-refractivity contribution is 6.02. The average Bonchev–Trinajstić information content (AvgIpc) is 2.73. The van der Waals surface area contributed by atoms with Crippen molar-refractivity contribution in [2.45, 2.75) is 57.8 Å². The number of anilines is 1. The standard InChI is InChI=1S/C19H26N4O3/c1-12(2)20-17(25)13(3)23-11-10-19(9-8-16(23)24)21-15-7-5-4-6-14(15)18(26)22-19/h4-7,12-13,21H,8-11H2,1-3H3,(H,20,25)(H,22,26)/t13-,19+/m0/s1. The molecule has 1 spiro atoms. The largest absolute Gasteiger partial charge is 0.362 e. The fourth-order valence-electron chi connectivity index (χ4n) is 3.60. The molecule has 1 saturated heterocycles. The number of amides is 3. The van der Waals surface area contributed by atoms with Gasteiger partial charge >= 0.3 is 0 Å². The molecule has 2 heterocycles. The van der Waals surface area contributed by atoms with Crippen LogP contribution in [-0.2, 0) is 9.59 Å². The number of benzene rings is 1. The quantitative estimate of drug-likeness (QED) is 0.763. The van der Waals surface area contributed by atoms with Crippen LogP contribution in [0.5, 0.6) is 0 Å². The van der Waals surface area contributed by atoms with E-state index in [1.54, 1.807) is 17.9 Å². The molecule has 26 heavy (non-hydrogen) atoms. The van der Waals surface area contributed by atoms with Gasteiger partial charge in [0.1, 0.15) is 11.7 Å². The summed E-state index contributed by atoms with van der Waals surface area (Å²) in [6.45, 7) is 5.93. The number of likely N-dealkylation sites (tertiary alicyclic amines) is 1. The minimum Gasteiger partial charge on any atom is -0.362 e. The Bertz CT molecular complexity index is 733. The van der Waals surface area contributed by atoms with E-state index in [-0.39, 0.29) is 30.2 Å². The molecule has 3 amide bonds. The van der Waals surface area contributed by atoms with Crippen LogP contribution in [0.25, 0.3) is 0 Å². The zero-order valence-electron chi connectivity index (χ0n) is 15.5. The van der Waals surface area contributed by atoms with Gasteiger partial charge in [-0.25, -0.2) is 0 Å². The monoisotopic (exact) mass is 358 g/mol. The summed E-state index contributed by atoms with van der Waals surface area (Å²) in [5.41, 5.74) is 0.724. The van der Waals surface area contributed by atoms with Crippen LogP contribution in [0.15, 0.2) is 24.3 Å². The van der Waals surface area contributed by atoms with Crippen LogP contribution in [-0.4, -0.2) is 46.9 Å². The maximum absolute atomic E-state index is 12.6. The van der Waals surface area contributed by atoms with Crippen molar-refractivity contribution in [2.24, 2.45) is 0 Å². The Morgan fingerprint density at radius 2 is 1.88 bits per heavy atom. The SMILES string of the molecule is CC(C)NC(=O)[C@H](C)N1CC[C@@]2(CCC1=O)NC(=O)c1ccccc1N2. The van der Waals surface area contributed by atoms with Gasteiger partial charge in [-0.3, -0.25) is 14.4 Å². The molecular formula is C19H26N4O3. The van der Waals surface area contributed by atoms with E-state index in [4.69, 9.17) is 0 Å². The molecule has 1 aromatic carbocycles. The van der Waals surface area contributed by atoms with Crippen molar-refractivity contribution < 1.29 is 14.4 Å². The summed E-state index contributed by atoms with van der Waals surface area (Å²) < 4.78 is 0. The Morgan fingerprint density at radius 1 is 1.15 bits per heavy atom. The van der Waals surface area contributed by atoms with Crippen molar-refractivity contribution in [3.63, 3.8) is 0 Å². The fourth-order valence-corrected chi connectivity index (χ4v) is 3.60. The number of para-hydroxylation sites is 1. The molecule has 0 aliphatic carbocycles. The predicted octanol–water partition coefficient (Wildman–Crippen LogP) is 1.46. The van der Waals surface area contributed by atoms with Crippen LogP contribution in [0.3, 0.4) is 0 Å². The van der Waals surface area contributed by atoms with Gasteiger partial charge in [-0.15, -0.1) is 0 Å². The van der Waals surface area contributed by atoms with Gasteiger partial charge < -0.3 is 20.9 Å². The van der Waals surface area contributed by atoms with Crippen molar-refractivity contribution in [3.05, 3.63) is 29.8 Å². The van der Waals surface area contributed by atoms with Crippen LogP contribution in [0.4, 0.5) is 5.69 Å². The van der Waals surface area contributed by atoms with Crippen LogP contribution in [0.1, 0.15) is 50.4 Å². The Labute approximate surface area is 153 Å². The Morgan fingerprint density at radius 3 is 2.62 bits per heavy atom. The van der Waals surface area contributed by atoms with E-state index < -0.39 is 11.7 Å². The number of fused-ring (bicyclic) bond motifs is 1. The first kappa shape index (κ1) is 18.2. The van der Waals surface area contributed by atoms with E-state index >= 15 is 0 Å². The maximum atomic E-state index is 12.6. The number of nitrogens with one attached hydrogen (secondary N) is 3. The lowest BCUT2D eigenvalue weighted by atomic mass is 9.95. The molecule has 140 valence electrons. The summed E-state index contributed by atoms with van der Waals surface area (Å²) in [7, 11) is 0. The topological polar surface area (TPSA) is 90.5 Å². The van der Waals surface area contributed by atoms with Gasteiger partial charge in [-0.05, 0) is 39.3 Å². The molecular weight excluding hydrogens is 332 g/mol. The maximum Gasteiger partial charge on any atom is 0.255 e. The molecule has 0 radical (unpaired) electrons. The molecule has 1 aromatic rings. The molecule has 0 aromatic heterocycles. The van der Waals surface area contributed by atoms with Crippen LogP contribution in [0.2, 0.25) is 0 Å². The molecule has 7 heteroatoms. The van der Waals surface area contributed by atoms with Crippen molar-refractivity contribution in [1.82, 2.24) is 15.5 Å². The Hall–Kier alpha value is -2.57. The second-order valence-electron chi connectivity index (χ2n) is 7.38. The number of carbonyl (C=O) groups is 3. The number of carbonyl (C=O) groups excluding carboxylic acids is 3. The molecule has 0 unspecified atom stereocenters. The fraction of sp³-hybridized carbons (Fsp3) is 0.526. The highest BCUT2D eigenvalue weighted by Crippen LogP contribution is 2.31. The lowest BCUT2D eigenvalue weighted by Gasteiger charge is -2.40. The van der Waals surface area contributed by atoms with E-state index in [1.165, 1.54) is 0 Å². The summed E-state index contributed by atoms with van der Waals surface area (Å²) in [5, 5.41) is 9.31. The molecule has 2 aliphatic rings. The third-order valence-electron chi connectivity index (χ3n) is 5.04. The summed E-state index contributed by atoms with van der Waals surface area (Å²) >= 11 is 0. The first-order valence-electron chi connectivity index (χ1n) is 9.11. The van der Waals surface area contributed by atoms with Crippen molar-refractivity contribution in [3.8, 4) is 0 Å². The summed E-state index contributed by atoms with van der Waals surface area (Å²) in [4.78, 5) is 39.0. The third-order valence-corrected chi connectivity index (χ3v) is 5.04. The normalized spacial score (nSPS) is 23.8. The van der Waals surface area contributed by atoms with E-state index in [2.05, 4.69) is 16.0 Å². The predicted molar refractivity (Wildman–Crippen MR) is 98.6 cm³/mol. The zero-order valence-corrected chi connectivity index (χ0v) is 15.5. The molecule has 1 fully saturated rings. The zero-order chi connectivity index (χ0) is 18.9. The molecule has 3 rings (SSSR count). The molecule has 3 N–H and O–H groups in total. The summed E-state index contributed by atoms with van der Waals surface area (Å²) in [6, 6.07) is 6.84. The van der Waals surface area contributed by atoms with Gasteiger partial charge in [-0.1, -0.05) is 12.1 Å². The number of rotatable bonds is 3. The van der Waals surface area contributed by atoms with Gasteiger partial charge in [0, 0.05) is 31.1 Å². The first-order valence-corrected chi connectivity index (χ1v) is 9.11. The third kappa shape index (κ3) is 3.52. The molecule has 0 saturated carbocycles. The average molecular weight is 358 g/mol. The minimum absolute atomic E-state index is 0.0224. The summed E-state index contributed by atoms with van der Waals surface area (Å²) in [5.74, 6) is -0.357. The van der Waals surface area contributed by atoms with Gasteiger partial charge in [0.2, 0.25) is 11.8 Å². The van der Waals surface area contributed by atoms with Crippen molar-refractivity contribution in [1.29, 1.82) is 0 Å². The highest BCUT2D eigenvalue weighted by atomic mass is 16.2. The van der Waals surface area contributed by atoms with Crippen molar-refractivity contribution >= 4 is 23.4 Å². The second kappa shape index (κ2) is 6.97. The second-order valence-corrected chi connectivity index (χ2v) is 7.38. The molecule has 2 atom stereocenters. The van der Waals surface area contributed by atoms with Gasteiger partial charge in [-0.2, -0.15) is 0 Å². The van der Waals surface area contributed by atoms with Gasteiger partial charge in [0.25, 0.3) is 5.91 Å². The number of hydrogen-bond acceptors (Lipinski definition) is 4. The summed E-state index contributed by atoms with van der Waals surface area (Å²) in [6.07, 6.45) is 1.30. The number of hydrogen-bond donors (Lipinski definition) is 3. The van der Waals surface area contributed by atoms with Crippen LogP contribution in [0, 0.1) is 0 Å². The Kier molecular flexibility index (Phi) is 4.89. The Balaban J connectivity index is 1.76. The van der Waals surface area contributed by atoms with Crippen LogP contribution >= 0.6 is 0 Å². The van der Waals surface area contributed by atoms with Crippen molar-refractivity contribution in [2.75, 3.05) is 11.9 Å². The highest BCUT2D eigenvalue weighted by Gasteiger charge is 2.41. The number of nitrogens with zero attached hydrogens (tertiary/aromatic N) is 1. The van der Waals surface area contributed by atoms with Gasteiger partial charge in [0.15, 0.2) is 0 Å². The van der Waals surface area contributed by atoms with Crippen LogP contribution < -0.4 is 16.0 Å². The smallest absolute Gasteiger partial charge is 0.255 e. The molecule has 2 aliphatic heterocycles. The van der Waals surface area contributed by atoms with Gasteiger partial charge in [0.05, 0.1) is 5.56 Å². The van der Waals surface area contributed by atoms with E-state index in [0.717, 1.165) is 5.69 Å². The van der Waals surface area contributed by atoms with E-state index in [1.807, 2.05) is 32.0 Å². The molecule has 7 nitrogen and oxygen atoms in total. The lowest BCUT2D eigenvalue weighted by molar-refractivity contribution is -0.139. The minimum atomic E-state index is -0.663. The lowest BCUT2D eigenvalue weighted by Crippen LogP contribution is -2.58. The molecule has 0 bridgehead atoms. The van der Waals surface area contributed by atoms with E-state index in [9.17, 15) is 14.4 Å².